The van der Waals surface area contributed by atoms with E-state index in [-0.39, 0.29) is 22.3 Å². The summed E-state index contributed by atoms with van der Waals surface area (Å²) in [5.74, 6) is 0. The van der Waals surface area contributed by atoms with Gasteiger partial charge in [0.05, 0.1) is 0 Å². The molecule has 114 valence electrons. The van der Waals surface area contributed by atoms with Crippen LogP contribution in [0.5, 0.6) is 0 Å². The molecule has 0 heterocycles. The Bertz CT molecular complexity index is 464. The van der Waals surface area contributed by atoms with Crippen molar-refractivity contribution in [3.63, 3.8) is 0 Å². The summed E-state index contributed by atoms with van der Waals surface area (Å²) >= 11 is 0. The molecular weight excluding hydrogens is 242 g/mol. The highest BCUT2D eigenvalue weighted by Crippen LogP contribution is 2.41. The smallest absolute Gasteiger partial charge is 0.0347 e. The van der Waals surface area contributed by atoms with Crippen molar-refractivity contribution >= 4 is 0 Å². The van der Waals surface area contributed by atoms with Crippen LogP contribution in [-0.4, -0.2) is 0 Å². The summed E-state index contributed by atoms with van der Waals surface area (Å²) in [5.41, 5.74) is 11.0. The fourth-order valence-electron chi connectivity index (χ4n) is 2.76. The highest BCUT2D eigenvalue weighted by atomic mass is 14.7. The molecule has 1 rings (SSSR count). The molecule has 1 heteroatoms. The standard InChI is InChI=1S/C19H33N/c1-17(2,3)14-12-10-11-13(15(14)18(4,5)6)16(20)19(7,8)9/h10-12,16H,20H2,1-9H3. The molecule has 0 aliphatic carbocycles. The van der Waals surface area contributed by atoms with Crippen LogP contribution in [0.4, 0.5) is 0 Å². The maximum absolute atomic E-state index is 6.58. The fraction of sp³-hybridized carbons (Fsp3) is 0.684. The van der Waals surface area contributed by atoms with E-state index in [9.17, 15) is 0 Å². The first kappa shape index (κ1) is 17.2. The summed E-state index contributed by atoms with van der Waals surface area (Å²) in [4.78, 5) is 0. The molecule has 1 nitrogen and oxygen atoms in total. The predicted octanol–water partition coefficient (Wildman–Crippen LogP) is 5.33. The highest BCUT2D eigenvalue weighted by molar-refractivity contribution is 5.45. The van der Waals surface area contributed by atoms with E-state index in [4.69, 9.17) is 5.73 Å². The topological polar surface area (TPSA) is 26.0 Å². The van der Waals surface area contributed by atoms with Crippen molar-refractivity contribution in [3.8, 4) is 0 Å². The van der Waals surface area contributed by atoms with Crippen molar-refractivity contribution in [2.24, 2.45) is 11.1 Å². The van der Waals surface area contributed by atoms with Gasteiger partial charge in [0.15, 0.2) is 0 Å². The molecule has 0 fully saturated rings. The van der Waals surface area contributed by atoms with Gasteiger partial charge in [0.2, 0.25) is 0 Å². The molecule has 0 aromatic heterocycles. The van der Waals surface area contributed by atoms with Gasteiger partial charge in [0.25, 0.3) is 0 Å². The summed E-state index contributed by atoms with van der Waals surface area (Å²) in [6.07, 6.45) is 0. The minimum absolute atomic E-state index is 0.0547. The zero-order valence-electron chi connectivity index (χ0n) is 14.9. The van der Waals surface area contributed by atoms with Crippen molar-refractivity contribution in [1.82, 2.24) is 0 Å². The third-order valence-corrected chi connectivity index (χ3v) is 3.92. The second-order valence-electron chi connectivity index (χ2n) is 9.11. The van der Waals surface area contributed by atoms with E-state index in [1.807, 2.05) is 0 Å². The zero-order valence-corrected chi connectivity index (χ0v) is 14.9. The Morgan fingerprint density at radius 3 is 1.65 bits per heavy atom. The van der Waals surface area contributed by atoms with E-state index in [0.717, 1.165) is 0 Å². The molecule has 1 unspecified atom stereocenters. The van der Waals surface area contributed by atoms with Gasteiger partial charge in [-0.2, -0.15) is 0 Å². The molecule has 0 aliphatic heterocycles. The average Bonchev–Trinajstić information content (AvgIpc) is 2.23. The molecule has 0 aliphatic rings. The lowest BCUT2D eigenvalue weighted by molar-refractivity contribution is 0.322. The first-order valence-corrected chi connectivity index (χ1v) is 7.65. The lowest BCUT2D eigenvalue weighted by Crippen LogP contribution is -2.31. The first-order valence-electron chi connectivity index (χ1n) is 7.65. The van der Waals surface area contributed by atoms with Gasteiger partial charge in [0, 0.05) is 6.04 Å². The summed E-state index contributed by atoms with van der Waals surface area (Å²) < 4.78 is 0. The third kappa shape index (κ3) is 3.63. The quantitative estimate of drug-likeness (QED) is 0.736. The minimum Gasteiger partial charge on any atom is -0.324 e. The Morgan fingerprint density at radius 2 is 1.30 bits per heavy atom. The largest absolute Gasteiger partial charge is 0.324 e. The van der Waals surface area contributed by atoms with E-state index in [1.54, 1.807) is 0 Å². The van der Waals surface area contributed by atoms with Crippen LogP contribution in [0.2, 0.25) is 0 Å². The van der Waals surface area contributed by atoms with Gasteiger partial charge < -0.3 is 5.73 Å². The van der Waals surface area contributed by atoms with Crippen LogP contribution in [0.25, 0.3) is 0 Å². The summed E-state index contributed by atoms with van der Waals surface area (Å²) in [6, 6.07) is 6.70. The molecule has 0 bridgehead atoms. The molecule has 0 spiro atoms. The van der Waals surface area contributed by atoms with Crippen molar-refractivity contribution in [2.45, 2.75) is 79.2 Å². The molecule has 20 heavy (non-hydrogen) atoms. The van der Waals surface area contributed by atoms with Gasteiger partial charge in [-0.1, -0.05) is 80.5 Å². The Hall–Kier alpha value is -0.820. The van der Waals surface area contributed by atoms with Crippen LogP contribution >= 0.6 is 0 Å². The molecule has 1 aromatic carbocycles. The van der Waals surface area contributed by atoms with Gasteiger partial charge in [0.1, 0.15) is 0 Å². The van der Waals surface area contributed by atoms with Gasteiger partial charge in [-0.3, -0.25) is 0 Å². The fourth-order valence-corrected chi connectivity index (χ4v) is 2.76. The number of hydrogen-bond donors (Lipinski definition) is 1. The Labute approximate surface area is 126 Å². The van der Waals surface area contributed by atoms with Crippen LogP contribution in [0.1, 0.15) is 85.0 Å². The Balaban J connectivity index is 3.63. The van der Waals surface area contributed by atoms with Crippen molar-refractivity contribution in [2.75, 3.05) is 0 Å². The second kappa shape index (κ2) is 5.18. The molecule has 0 radical (unpaired) electrons. The second-order valence-corrected chi connectivity index (χ2v) is 9.11. The summed E-state index contributed by atoms with van der Waals surface area (Å²) in [6.45, 7) is 20.4. The minimum atomic E-state index is 0.0547. The normalized spacial score (nSPS) is 15.3. The summed E-state index contributed by atoms with van der Waals surface area (Å²) in [7, 11) is 0. The van der Waals surface area contributed by atoms with E-state index in [1.165, 1.54) is 16.7 Å². The van der Waals surface area contributed by atoms with Crippen molar-refractivity contribution in [1.29, 1.82) is 0 Å². The molecule has 1 aromatic rings. The van der Waals surface area contributed by atoms with Crippen LogP contribution in [0.3, 0.4) is 0 Å². The van der Waals surface area contributed by atoms with E-state index < -0.39 is 0 Å². The third-order valence-electron chi connectivity index (χ3n) is 3.92. The average molecular weight is 275 g/mol. The van der Waals surface area contributed by atoms with Crippen LogP contribution in [0, 0.1) is 5.41 Å². The first-order chi connectivity index (χ1) is 8.76. The van der Waals surface area contributed by atoms with Crippen LogP contribution < -0.4 is 5.73 Å². The number of hydrogen-bond acceptors (Lipinski definition) is 1. The molecule has 0 amide bonds. The highest BCUT2D eigenvalue weighted by Gasteiger charge is 2.32. The zero-order chi connectivity index (χ0) is 15.9. The number of rotatable bonds is 1. The van der Waals surface area contributed by atoms with Crippen molar-refractivity contribution < 1.29 is 0 Å². The number of benzene rings is 1. The molecule has 0 saturated carbocycles. The van der Waals surface area contributed by atoms with Crippen LogP contribution in [0.15, 0.2) is 18.2 Å². The van der Waals surface area contributed by atoms with Gasteiger partial charge in [-0.25, -0.2) is 0 Å². The van der Waals surface area contributed by atoms with Crippen LogP contribution in [-0.2, 0) is 10.8 Å². The monoisotopic (exact) mass is 275 g/mol. The van der Waals surface area contributed by atoms with Gasteiger partial charge in [-0.15, -0.1) is 0 Å². The maximum Gasteiger partial charge on any atom is 0.0347 e. The SMILES string of the molecule is CC(C)(C)c1cccc(C(N)C(C)(C)C)c1C(C)(C)C. The lowest BCUT2D eigenvalue weighted by atomic mass is 9.69. The van der Waals surface area contributed by atoms with Crippen molar-refractivity contribution in [3.05, 3.63) is 34.9 Å². The maximum atomic E-state index is 6.58. The summed E-state index contributed by atoms with van der Waals surface area (Å²) in [5, 5.41) is 0. The van der Waals surface area contributed by atoms with Gasteiger partial charge in [-0.05, 0) is 32.9 Å². The van der Waals surface area contributed by atoms with Gasteiger partial charge >= 0.3 is 0 Å². The molecule has 0 saturated heterocycles. The van der Waals surface area contributed by atoms with E-state index in [0.29, 0.717) is 0 Å². The molecular formula is C19H33N. The molecule has 1 atom stereocenters. The van der Waals surface area contributed by atoms with E-state index in [2.05, 4.69) is 80.5 Å². The Kier molecular flexibility index (Phi) is 4.46. The Morgan fingerprint density at radius 1 is 0.800 bits per heavy atom. The predicted molar refractivity (Wildman–Crippen MR) is 90.2 cm³/mol. The number of nitrogens with two attached hydrogens (primary N) is 1. The lowest BCUT2D eigenvalue weighted by Gasteiger charge is -2.37. The molecule has 2 N–H and O–H groups in total. The van der Waals surface area contributed by atoms with E-state index >= 15 is 0 Å².